The Morgan fingerprint density at radius 3 is 2.75 bits per heavy atom. The maximum Gasteiger partial charge on any atom is 0.324 e. The molecule has 9 nitrogen and oxygen atoms in total. The van der Waals surface area contributed by atoms with Gasteiger partial charge in [0.25, 0.3) is 5.91 Å². The average molecular weight is 388 g/mol. The third-order valence-electron chi connectivity index (χ3n) is 5.76. The second-order valence-corrected chi connectivity index (χ2v) is 8.16. The Labute approximate surface area is 162 Å². The van der Waals surface area contributed by atoms with Gasteiger partial charge in [-0.1, -0.05) is 19.9 Å². The number of likely N-dealkylation sites (tertiary alicyclic amines) is 1. The molecular weight excluding hydrogens is 364 g/mol. The molecule has 5 amide bonds. The predicted octanol–water partition coefficient (Wildman–Crippen LogP) is 1.03. The molecule has 0 aliphatic carbocycles. The summed E-state index contributed by atoms with van der Waals surface area (Å²) in [5, 5.41) is 5.68. The number of hydrogen-bond acceptors (Lipinski definition) is 5. The van der Waals surface area contributed by atoms with Crippen LogP contribution in [-0.4, -0.2) is 66.8 Å². The van der Waals surface area contributed by atoms with Crippen molar-refractivity contribution in [3.8, 4) is 11.5 Å². The Balaban J connectivity index is 1.38. The van der Waals surface area contributed by atoms with Crippen molar-refractivity contribution in [2.75, 3.05) is 33.5 Å². The molecule has 2 saturated heterocycles. The summed E-state index contributed by atoms with van der Waals surface area (Å²) in [6.07, 6.45) is 0.418. The number of imide groups is 1. The monoisotopic (exact) mass is 388 g/mol. The molecule has 1 unspecified atom stereocenters. The Bertz CT molecular complexity index is 855. The molecule has 1 aromatic rings. The smallest absolute Gasteiger partial charge is 0.324 e. The maximum absolute atomic E-state index is 12.7. The molecule has 1 atom stereocenters. The van der Waals surface area contributed by atoms with E-state index in [-0.39, 0.29) is 30.7 Å². The highest BCUT2D eigenvalue weighted by atomic mass is 16.7. The summed E-state index contributed by atoms with van der Waals surface area (Å²) in [6.45, 7) is 5.29. The first-order valence-electron chi connectivity index (χ1n) is 9.25. The Kier molecular flexibility index (Phi) is 4.13. The van der Waals surface area contributed by atoms with Crippen LogP contribution in [0.5, 0.6) is 11.5 Å². The lowest BCUT2D eigenvalue weighted by molar-refractivity contribution is -0.129. The second kappa shape index (κ2) is 6.29. The van der Waals surface area contributed by atoms with Gasteiger partial charge < -0.3 is 25.0 Å². The number of ether oxygens (including phenoxy) is 2. The minimum atomic E-state index is -0.990. The molecular formula is C19H24N4O5. The molecule has 4 rings (SSSR count). The van der Waals surface area contributed by atoms with Crippen molar-refractivity contribution < 1.29 is 23.9 Å². The Morgan fingerprint density at radius 1 is 1.29 bits per heavy atom. The normalized spacial score (nSPS) is 23.5. The number of hydrogen-bond donors (Lipinski definition) is 2. The zero-order valence-corrected chi connectivity index (χ0v) is 16.2. The van der Waals surface area contributed by atoms with Crippen LogP contribution in [-0.2, 0) is 10.2 Å². The molecule has 0 aromatic heterocycles. The fraction of sp³-hybridized carbons (Fsp3) is 0.526. The number of rotatable bonds is 3. The highest BCUT2D eigenvalue weighted by Crippen LogP contribution is 2.36. The van der Waals surface area contributed by atoms with Crippen LogP contribution in [0.1, 0.15) is 25.8 Å². The summed E-state index contributed by atoms with van der Waals surface area (Å²) >= 11 is 0. The molecule has 3 aliphatic rings. The fourth-order valence-electron chi connectivity index (χ4n) is 3.84. The summed E-state index contributed by atoms with van der Waals surface area (Å²) in [7, 11) is 1.45. The quantitative estimate of drug-likeness (QED) is 0.754. The van der Waals surface area contributed by atoms with Crippen LogP contribution in [0.4, 0.5) is 9.59 Å². The Hall–Kier alpha value is -2.97. The average Bonchev–Trinajstić information content (AvgIpc) is 3.36. The number of fused-ring (bicyclic) bond motifs is 1. The van der Waals surface area contributed by atoms with Crippen LogP contribution in [0.2, 0.25) is 0 Å². The van der Waals surface area contributed by atoms with Crippen LogP contribution in [0.25, 0.3) is 0 Å². The van der Waals surface area contributed by atoms with Gasteiger partial charge >= 0.3 is 12.1 Å². The first-order valence-corrected chi connectivity index (χ1v) is 9.25. The molecule has 3 aliphatic heterocycles. The largest absolute Gasteiger partial charge is 0.454 e. The minimum Gasteiger partial charge on any atom is -0.454 e. The van der Waals surface area contributed by atoms with Gasteiger partial charge in [-0.25, -0.2) is 9.59 Å². The number of nitrogens with one attached hydrogen (secondary N) is 2. The van der Waals surface area contributed by atoms with Gasteiger partial charge in [0.1, 0.15) is 5.54 Å². The summed E-state index contributed by atoms with van der Waals surface area (Å²) in [4.78, 5) is 39.4. The second-order valence-electron chi connectivity index (χ2n) is 8.16. The molecule has 2 N–H and O–H groups in total. The van der Waals surface area contributed by atoms with Gasteiger partial charge in [0.15, 0.2) is 11.5 Å². The lowest BCUT2D eigenvalue weighted by Crippen LogP contribution is -2.51. The molecule has 1 aromatic carbocycles. The van der Waals surface area contributed by atoms with Crippen molar-refractivity contribution in [1.82, 2.24) is 20.4 Å². The third-order valence-corrected chi connectivity index (χ3v) is 5.76. The molecule has 2 fully saturated rings. The zero-order chi connectivity index (χ0) is 20.1. The van der Waals surface area contributed by atoms with Gasteiger partial charge in [-0.3, -0.25) is 9.69 Å². The number of carbonyl (C=O) groups excluding carboxylic acids is 3. The number of likely N-dealkylation sites (N-methyl/N-ethyl adjacent to an activating group) is 1. The van der Waals surface area contributed by atoms with Gasteiger partial charge in [0, 0.05) is 25.6 Å². The standard InChI is InChI=1S/C19H24N4O5/c1-18(2,12-4-5-13-14(8-12)28-11-27-13)9-20-16(25)23-7-6-19(10-23)15(24)22(3)17(26)21-19/h4-5,8H,6-7,9-11H2,1-3H3,(H,20,25)(H,21,26). The van der Waals surface area contributed by atoms with Crippen molar-refractivity contribution in [2.45, 2.75) is 31.2 Å². The van der Waals surface area contributed by atoms with E-state index >= 15 is 0 Å². The number of nitrogens with zero attached hydrogens (tertiary/aromatic N) is 2. The van der Waals surface area contributed by atoms with Gasteiger partial charge in [0.05, 0.1) is 6.54 Å². The van der Waals surface area contributed by atoms with Gasteiger partial charge in [-0.05, 0) is 24.1 Å². The van der Waals surface area contributed by atoms with E-state index in [4.69, 9.17) is 9.47 Å². The van der Waals surface area contributed by atoms with Crippen LogP contribution in [0.15, 0.2) is 18.2 Å². The van der Waals surface area contributed by atoms with E-state index in [1.165, 1.54) is 7.05 Å². The first kappa shape index (κ1) is 18.4. The van der Waals surface area contributed by atoms with E-state index < -0.39 is 11.6 Å². The minimum absolute atomic E-state index is 0.179. The van der Waals surface area contributed by atoms with Crippen molar-refractivity contribution in [2.24, 2.45) is 0 Å². The SMILES string of the molecule is CN1C(=O)NC2(CCN(C(=O)NCC(C)(C)c3ccc4c(c3)OCO4)C2)C1=O. The lowest BCUT2D eigenvalue weighted by atomic mass is 9.84. The van der Waals surface area contributed by atoms with Gasteiger partial charge in [-0.2, -0.15) is 0 Å². The topological polar surface area (TPSA) is 100 Å². The van der Waals surface area contributed by atoms with Crippen molar-refractivity contribution in [3.05, 3.63) is 23.8 Å². The van der Waals surface area contributed by atoms with Gasteiger partial charge in [0.2, 0.25) is 6.79 Å². The first-order chi connectivity index (χ1) is 13.2. The molecule has 150 valence electrons. The zero-order valence-electron chi connectivity index (χ0n) is 16.2. The van der Waals surface area contributed by atoms with Crippen LogP contribution in [0.3, 0.4) is 0 Å². The summed E-state index contributed by atoms with van der Waals surface area (Å²) in [6, 6.07) is 5.10. The number of urea groups is 2. The molecule has 0 radical (unpaired) electrons. The molecule has 3 heterocycles. The summed E-state index contributed by atoms with van der Waals surface area (Å²) < 4.78 is 10.8. The van der Waals surface area contributed by atoms with E-state index in [1.54, 1.807) is 4.90 Å². The predicted molar refractivity (Wildman–Crippen MR) is 99.2 cm³/mol. The lowest BCUT2D eigenvalue weighted by Gasteiger charge is -2.28. The Morgan fingerprint density at radius 2 is 2.04 bits per heavy atom. The summed E-state index contributed by atoms with van der Waals surface area (Å²) in [5.41, 5.74) is -0.295. The van der Waals surface area contributed by atoms with E-state index in [2.05, 4.69) is 10.6 Å². The van der Waals surface area contributed by atoms with E-state index in [0.717, 1.165) is 16.2 Å². The van der Waals surface area contributed by atoms with Crippen LogP contribution >= 0.6 is 0 Å². The summed E-state index contributed by atoms with van der Waals surface area (Å²) in [5.74, 6) is 1.14. The molecule has 0 bridgehead atoms. The van der Waals surface area contributed by atoms with Crippen molar-refractivity contribution in [1.29, 1.82) is 0 Å². The van der Waals surface area contributed by atoms with Crippen molar-refractivity contribution in [3.63, 3.8) is 0 Å². The number of amides is 5. The van der Waals surface area contributed by atoms with E-state index in [0.29, 0.717) is 25.3 Å². The molecule has 0 saturated carbocycles. The molecule has 9 heteroatoms. The van der Waals surface area contributed by atoms with E-state index in [1.807, 2.05) is 32.0 Å². The van der Waals surface area contributed by atoms with Crippen molar-refractivity contribution >= 4 is 18.0 Å². The number of benzene rings is 1. The fourth-order valence-corrected chi connectivity index (χ4v) is 3.84. The molecule has 28 heavy (non-hydrogen) atoms. The van der Waals surface area contributed by atoms with Crippen LogP contribution in [0, 0.1) is 0 Å². The highest BCUT2D eigenvalue weighted by molar-refractivity contribution is 6.07. The van der Waals surface area contributed by atoms with Crippen LogP contribution < -0.4 is 20.1 Å². The van der Waals surface area contributed by atoms with E-state index in [9.17, 15) is 14.4 Å². The highest BCUT2D eigenvalue weighted by Gasteiger charge is 2.54. The third kappa shape index (κ3) is 2.90. The van der Waals surface area contributed by atoms with Gasteiger partial charge in [-0.15, -0.1) is 0 Å². The maximum atomic E-state index is 12.7. The number of carbonyl (C=O) groups is 3. The molecule has 1 spiro atoms.